The minimum atomic E-state index is -0.383. The average Bonchev–Trinajstić information content (AvgIpc) is 3.27. The molecule has 0 aromatic carbocycles. The van der Waals surface area contributed by atoms with Gasteiger partial charge in [0.25, 0.3) is 0 Å². The maximum atomic E-state index is 12.6. The van der Waals surface area contributed by atoms with Crippen molar-refractivity contribution in [2.24, 2.45) is 0 Å². The third kappa shape index (κ3) is 6.45. The zero-order valence-corrected chi connectivity index (χ0v) is 19.2. The maximum Gasteiger partial charge on any atom is 0.357 e. The molecular formula is C23H32N4O4. The molecule has 2 heterocycles. The molecule has 0 atom stereocenters. The largest absolute Gasteiger partial charge is 0.461 e. The summed E-state index contributed by atoms with van der Waals surface area (Å²) < 4.78 is 13.8. The Balaban J connectivity index is 2.06. The maximum absolute atomic E-state index is 12.6. The third-order valence-electron chi connectivity index (χ3n) is 4.62. The van der Waals surface area contributed by atoms with Gasteiger partial charge in [-0.1, -0.05) is 25.2 Å². The number of carbonyl (C=O) groups is 2. The van der Waals surface area contributed by atoms with Crippen LogP contribution in [-0.4, -0.2) is 44.7 Å². The van der Waals surface area contributed by atoms with Crippen LogP contribution in [0.1, 0.15) is 84.4 Å². The van der Waals surface area contributed by atoms with E-state index in [1.54, 1.807) is 22.4 Å². The van der Waals surface area contributed by atoms with E-state index in [-0.39, 0.29) is 11.9 Å². The van der Waals surface area contributed by atoms with Gasteiger partial charge in [-0.05, 0) is 46.6 Å². The number of aryl methyl sites for hydroxylation is 4. The molecule has 8 heteroatoms. The van der Waals surface area contributed by atoms with Crippen molar-refractivity contribution in [3.05, 3.63) is 34.4 Å². The Morgan fingerprint density at radius 2 is 1.81 bits per heavy atom. The summed E-state index contributed by atoms with van der Waals surface area (Å²) in [6.07, 6.45) is 3.08. The van der Waals surface area contributed by atoms with Crippen molar-refractivity contribution in [3.63, 3.8) is 0 Å². The fraction of sp³-hybridized carbons (Fsp3) is 0.565. The van der Waals surface area contributed by atoms with Crippen LogP contribution >= 0.6 is 0 Å². The van der Waals surface area contributed by atoms with E-state index in [2.05, 4.69) is 22.0 Å². The first-order chi connectivity index (χ1) is 14.9. The normalized spacial score (nSPS) is 10.5. The van der Waals surface area contributed by atoms with Crippen LogP contribution in [0, 0.1) is 25.7 Å². The Labute approximate surface area is 183 Å². The Morgan fingerprint density at radius 1 is 1.03 bits per heavy atom. The van der Waals surface area contributed by atoms with Gasteiger partial charge in [-0.2, -0.15) is 10.2 Å². The van der Waals surface area contributed by atoms with Gasteiger partial charge in [0.05, 0.1) is 30.2 Å². The molecule has 0 bridgehead atoms. The van der Waals surface area contributed by atoms with Crippen LogP contribution in [0.15, 0.2) is 6.07 Å². The molecule has 2 aromatic rings. The first-order valence-corrected chi connectivity index (χ1v) is 10.9. The number of nitrogens with zero attached hydrogens (tertiary/aromatic N) is 4. The topological polar surface area (TPSA) is 88.2 Å². The van der Waals surface area contributed by atoms with E-state index in [4.69, 9.17) is 9.47 Å². The molecule has 2 aromatic heterocycles. The van der Waals surface area contributed by atoms with Gasteiger partial charge in [-0.3, -0.25) is 9.36 Å². The van der Waals surface area contributed by atoms with Crippen LogP contribution in [-0.2, 0) is 22.6 Å². The summed E-state index contributed by atoms with van der Waals surface area (Å²) >= 11 is 0. The molecular weight excluding hydrogens is 396 g/mol. The molecule has 0 saturated carbocycles. The fourth-order valence-corrected chi connectivity index (χ4v) is 3.10. The van der Waals surface area contributed by atoms with E-state index < -0.39 is 0 Å². The number of hydrogen-bond donors (Lipinski definition) is 0. The summed E-state index contributed by atoms with van der Waals surface area (Å²) in [6, 6.07) is 1.72. The molecule has 0 unspecified atom stereocenters. The van der Waals surface area contributed by atoms with E-state index in [1.165, 1.54) is 0 Å². The number of ether oxygens (including phenoxy) is 2. The summed E-state index contributed by atoms with van der Waals surface area (Å²) in [4.78, 5) is 24.6. The minimum absolute atomic E-state index is 0.322. The molecule has 0 N–H and O–H groups in total. The molecule has 0 radical (unpaired) electrons. The van der Waals surface area contributed by atoms with Gasteiger partial charge in [-0.15, -0.1) is 0 Å². The molecule has 0 amide bonds. The summed E-state index contributed by atoms with van der Waals surface area (Å²) in [5.74, 6) is 5.47. The smallest absolute Gasteiger partial charge is 0.357 e. The summed E-state index contributed by atoms with van der Waals surface area (Å²) in [6.45, 7) is 11.3. The molecule has 0 fully saturated rings. The van der Waals surface area contributed by atoms with Gasteiger partial charge in [0.1, 0.15) is 5.69 Å². The number of esters is 2. The molecule has 168 valence electrons. The lowest BCUT2D eigenvalue weighted by atomic mass is 10.1. The standard InChI is InChI=1S/C23H32N4O4/c1-6-9-15-31-23(29)21-19(18(5)25-26(21)7-2)13-11-10-12-14-27-20(16-17(4)24-27)22(28)30-8-3/h16H,6-10,12,14-15H2,1-5H3. The average molecular weight is 429 g/mol. The molecule has 8 nitrogen and oxygen atoms in total. The quantitative estimate of drug-likeness (QED) is 0.326. The SMILES string of the molecule is CCCCOC(=O)c1c(C#CCCCn2nc(C)cc2C(=O)OCC)c(C)nn1CC. The summed E-state index contributed by atoms with van der Waals surface area (Å²) in [5.41, 5.74) is 2.96. The molecule has 0 spiro atoms. The number of aromatic nitrogens is 4. The van der Waals surface area contributed by atoms with Crippen molar-refractivity contribution in [2.45, 2.75) is 73.4 Å². The lowest BCUT2D eigenvalue weighted by Gasteiger charge is -2.06. The van der Waals surface area contributed by atoms with Crippen LogP contribution in [0.3, 0.4) is 0 Å². The lowest BCUT2D eigenvalue weighted by Crippen LogP contribution is -2.14. The predicted octanol–water partition coefficient (Wildman–Crippen LogP) is 3.68. The van der Waals surface area contributed by atoms with Gasteiger partial charge < -0.3 is 9.47 Å². The molecule has 0 aliphatic carbocycles. The second-order valence-electron chi connectivity index (χ2n) is 7.13. The van der Waals surface area contributed by atoms with E-state index >= 15 is 0 Å². The van der Waals surface area contributed by atoms with Gasteiger partial charge >= 0.3 is 11.9 Å². The van der Waals surface area contributed by atoms with Crippen molar-refractivity contribution in [2.75, 3.05) is 13.2 Å². The van der Waals surface area contributed by atoms with E-state index in [0.717, 1.165) is 18.5 Å². The van der Waals surface area contributed by atoms with Gasteiger partial charge in [0, 0.05) is 19.5 Å². The monoisotopic (exact) mass is 428 g/mol. The minimum Gasteiger partial charge on any atom is -0.461 e. The second kappa shape index (κ2) is 11.9. The second-order valence-corrected chi connectivity index (χ2v) is 7.13. The van der Waals surface area contributed by atoms with Crippen molar-refractivity contribution in [1.82, 2.24) is 19.6 Å². The molecule has 0 aliphatic rings. The molecule has 2 rings (SSSR count). The van der Waals surface area contributed by atoms with Crippen molar-refractivity contribution >= 4 is 11.9 Å². The zero-order valence-electron chi connectivity index (χ0n) is 19.2. The Kier molecular flexibility index (Phi) is 9.32. The number of carbonyl (C=O) groups excluding carboxylic acids is 2. The Morgan fingerprint density at radius 3 is 2.48 bits per heavy atom. The van der Waals surface area contributed by atoms with Gasteiger partial charge in [0.15, 0.2) is 5.69 Å². The van der Waals surface area contributed by atoms with Crippen molar-refractivity contribution in [1.29, 1.82) is 0 Å². The number of hydrogen-bond acceptors (Lipinski definition) is 6. The summed E-state index contributed by atoms with van der Waals surface area (Å²) in [7, 11) is 0. The van der Waals surface area contributed by atoms with Gasteiger partial charge in [-0.25, -0.2) is 9.59 Å². The molecule has 31 heavy (non-hydrogen) atoms. The van der Waals surface area contributed by atoms with E-state index in [9.17, 15) is 9.59 Å². The van der Waals surface area contributed by atoms with Crippen LogP contribution < -0.4 is 0 Å². The highest BCUT2D eigenvalue weighted by Crippen LogP contribution is 2.15. The number of rotatable bonds is 10. The van der Waals surface area contributed by atoms with Crippen LogP contribution in [0.2, 0.25) is 0 Å². The van der Waals surface area contributed by atoms with Crippen LogP contribution in [0.25, 0.3) is 0 Å². The van der Waals surface area contributed by atoms with Crippen LogP contribution in [0.4, 0.5) is 0 Å². The van der Waals surface area contributed by atoms with E-state index in [0.29, 0.717) is 61.8 Å². The highest BCUT2D eigenvalue weighted by Gasteiger charge is 2.21. The van der Waals surface area contributed by atoms with E-state index in [1.807, 2.05) is 27.7 Å². The predicted molar refractivity (Wildman–Crippen MR) is 117 cm³/mol. The number of unbranched alkanes of at least 4 members (excludes halogenated alkanes) is 2. The molecule has 0 aliphatic heterocycles. The Hall–Kier alpha value is -3.08. The summed E-state index contributed by atoms with van der Waals surface area (Å²) in [5, 5.41) is 8.79. The Bertz CT molecular complexity index is 962. The fourth-order valence-electron chi connectivity index (χ4n) is 3.10. The van der Waals surface area contributed by atoms with Crippen molar-refractivity contribution in [3.8, 4) is 11.8 Å². The van der Waals surface area contributed by atoms with Gasteiger partial charge in [0.2, 0.25) is 0 Å². The zero-order chi connectivity index (χ0) is 22.8. The third-order valence-corrected chi connectivity index (χ3v) is 4.62. The van der Waals surface area contributed by atoms with Crippen LogP contribution in [0.5, 0.6) is 0 Å². The highest BCUT2D eigenvalue weighted by atomic mass is 16.5. The molecule has 0 saturated heterocycles. The highest BCUT2D eigenvalue weighted by molar-refractivity contribution is 5.91. The first kappa shape index (κ1) is 24.2. The van der Waals surface area contributed by atoms with Crippen molar-refractivity contribution < 1.29 is 19.1 Å². The lowest BCUT2D eigenvalue weighted by molar-refractivity contribution is 0.0482. The first-order valence-electron chi connectivity index (χ1n) is 10.9.